The van der Waals surface area contributed by atoms with Gasteiger partial charge in [0.05, 0.1) is 6.54 Å². The maximum Gasteiger partial charge on any atom is 0.255 e. The minimum absolute atomic E-state index is 0.296. The van der Waals surface area contributed by atoms with Crippen molar-refractivity contribution in [1.29, 1.82) is 0 Å². The molecule has 0 aliphatic rings. The van der Waals surface area contributed by atoms with Gasteiger partial charge in [0, 0.05) is 23.1 Å². The third-order valence-corrected chi connectivity index (χ3v) is 2.63. The number of aromatic nitrogens is 1. The molecule has 0 fully saturated rings. The van der Waals surface area contributed by atoms with E-state index in [4.69, 9.17) is 11.6 Å². The molecular formula is C10H12BrClF2N2. The van der Waals surface area contributed by atoms with E-state index in [1.165, 1.54) is 4.90 Å². The van der Waals surface area contributed by atoms with Gasteiger partial charge >= 0.3 is 0 Å². The lowest BCUT2D eigenvalue weighted by Gasteiger charge is -2.23. The minimum Gasteiger partial charge on any atom is -0.349 e. The van der Waals surface area contributed by atoms with E-state index in [2.05, 4.69) is 20.9 Å². The summed E-state index contributed by atoms with van der Waals surface area (Å²) in [4.78, 5) is 5.64. The van der Waals surface area contributed by atoms with Crippen LogP contribution in [-0.2, 0) is 0 Å². The quantitative estimate of drug-likeness (QED) is 0.774. The minimum atomic E-state index is -2.40. The molecule has 0 spiro atoms. The third kappa shape index (κ3) is 3.87. The van der Waals surface area contributed by atoms with Gasteiger partial charge in [-0.2, -0.15) is 0 Å². The van der Waals surface area contributed by atoms with Crippen LogP contribution in [0.15, 0.2) is 16.7 Å². The fourth-order valence-electron chi connectivity index (χ4n) is 1.42. The first-order valence-electron chi connectivity index (χ1n) is 4.75. The maximum absolute atomic E-state index is 12.4. The fraction of sp³-hybridized carbons (Fsp3) is 0.500. The Morgan fingerprint density at radius 2 is 2.25 bits per heavy atom. The van der Waals surface area contributed by atoms with E-state index in [9.17, 15) is 8.78 Å². The van der Waals surface area contributed by atoms with Crippen molar-refractivity contribution in [3.8, 4) is 0 Å². The summed E-state index contributed by atoms with van der Waals surface area (Å²) in [5.41, 5.74) is 0.847. The summed E-state index contributed by atoms with van der Waals surface area (Å²) < 4.78 is 25.6. The highest BCUT2D eigenvalue weighted by Gasteiger charge is 2.15. The second-order valence-corrected chi connectivity index (χ2v) is 4.61. The molecule has 0 atom stereocenters. The van der Waals surface area contributed by atoms with Crippen LogP contribution >= 0.6 is 27.5 Å². The Kier molecular flexibility index (Phi) is 5.41. The highest BCUT2D eigenvalue weighted by molar-refractivity contribution is 9.10. The molecule has 2 nitrogen and oxygen atoms in total. The van der Waals surface area contributed by atoms with E-state index in [0.717, 1.165) is 10.0 Å². The number of hydrogen-bond donors (Lipinski definition) is 0. The first-order valence-corrected chi connectivity index (χ1v) is 6.08. The van der Waals surface area contributed by atoms with Crippen molar-refractivity contribution in [2.24, 2.45) is 0 Å². The van der Waals surface area contributed by atoms with Crippen molar-refractivity contribution in [1.82, 2.24) is 4.98 Å². The molecule has 0 bridgehead atoms. The Balaban J connectivity index is 2.91. The molecule has 1 rings (SSSR count). The van der Waals surface area contributed by atoms with Gasteiger partial charge in [-0.1, -0.05) is 0 Å². The Morgan fingerprint density at radius 3 is 2.75 bits per heavy atom. The van der Waals surface area contributed by atoms with Crippen molar-refractivity contribution in [2.45, 2.75) is 13.3 Å². The van der Waals surface area contributed by atoms with E-state index in [1.807, 2.05) is 13.0 Å². The molecule has 0 amide bonds. The molecule has 0 radical (unpaired) electrons. The molecular weight excluding hydrogens is 301 g/mol. The van der Waals surface area contributed by atoms with Gasteiger partial charge in [0.15, 0.2) is 0 Å². The SMILES string of the molecule is Cc1cc(Br)cnc1N(CCCl)CC(F)F. The van der Waals surface area contributed by atoms with Crippen LogP contribution in [0.3, 0.4) is 0 Å². The lowest BCUT2D eigenvalue weighted by atomic mass is 10.2. The number of anilines is 1. The van der Waals surface area contributed by atoms with Gasteiger partial charge in [-0.15, -0.1) is 11.6 Å². The number of rotatable bonds is 5. The highest BCUT2D eigenvalue weighted by atomic mass is 79.9. The molecule has 0 saturated heterocycles. The zero-order valence-electron chi connectivity index (χ0n) is 8.76. The number of aryl methyl sites for hydroxylation is 1. The summed E-state index contributed by atoms with van der Waals surface area (Å²) in [6.45, 7) is 1.85. The lowest BCUT2D eigenvalue weighted by molar-refractivity contribution is 0.155. The second kappa shape index (κ2) is 6.35. The van der Waals surface area contributed by atoms with Gasteiger partial charge in [0.25, 0.3) is 6.43 Å². The Morgan fingerprint density at radius 1 is 1.56 bits per heavy atom. The first kappa shape index (κ1) is 13.6. The molecule has 1 aromatic rings. The second-order valence-electron chi connectivity index (χ2n) is 3.32. The summed E-state index contributed by atoms with van der Waals surface area (Å²) in [6.07, 6.45) is -0.803. The summed E-state index contributed by atoms with van der Waals surface area (Å²) in [5.74, 6) is 0.855. The molecule has 6 heteroatoms. The zero-order chi connectivity index (χ0) is 12.1. The van der Waals surface area contributed by atoms with E-state index in [0.29, 0.717) is 18.2 Å². The molecule has 0 saturated carbocycles. The highest BCUT2D eigenvalue weighted by Crippen LogP contribution is 2.21. The molecule has 0 aromatic carbocycles. The number of halogens is 4. The molecule has 90 valence electrons. The van der Waals surface area contributed by atoms with Crippen molar-refractivity contribution in [3.05, 3.63) is 22.3 Å². The lowest BCUT2D eigenvalue weighted by Crippen LogP contribution is -2.32. The monoisotopic (exact) mass is 312 g/mol. The van der Waals surface area contributed by atoms with Crippen LogP contribution in [0.1, 0.15) is 5.56 Å². The molecule has 1 aromatic heterocycles. The standard InChI is InChI=1S/C10H12BrClF2N2/c1-7-4-8(11)5-15-10(7)16(3-2-12)6-9(13)14/h4-5,9H,2-3,6H2,1H3. The van der Waals surface area contributed by atoms with Gasteiger partial charge in [0.1, 0.15) is 5.82 Å². The summed E-state index contributed by atoms with van der Waals surface area (Å²) in [5, 5.41) is 0. The van der Waals surface area contributed by atoms with Gasteiger partial charge in [0.2, 0.25) is 0 Å². The van der Waals surface area contributed by atoms with E-state index < -0.39 is 6.43 Å². The molecule has 1 heterocycles. The predicted octanol–water partition coefficient (Wildman–Crippen LogP) is 3.46. The third-order valence-electron chi connectivity index (χ3n) is 2.03. The smallest absolute Gasteiger partial charge is 0.255 e. The number of hydrogen-bond acceptors (Lipinski definition) is 2. The molecule has 16 heavy (non-hydrogen) atoms. The normalized spacial score (nSPS) is 10.9. The predicted molar refractivity (Wildman–Crippen MR) is 65.6 cm³/mol. The van der Waals surface area contributed by atoms with Crippen molar-refractivity contribution in [2.75, 3.05) is 23.9 Å². The zero-order valence-corrected chi connectivity index (χ0v) is 11.1. The van der Waals surface area contributed by atoms with Gasteiger partial charge < -0.3 is 4.90 Å². The van der Waals surface area contributed by atoms with Crippen LogP contribution in [0.25, 0.3) is 0 Å². The summed E-state index contributed by atoms with van der Waals surface area (Å²) in [6, 6.07) is 1.84. The van der Waals surface area contributed by atoms with Gasteiger partial charge in [-0.25, -0.2) is 13.8 Å². The van der Waals surface area contributed by atoms with Crippen LogP contribution in [0, 0.1) is 6.92 Å². The van der Waals surface area contributed by atoms with Crippen LogP contribution < -0.4 is 4.90 Å². The topological polar surface area (TPSA) is 16.1 Å². The number of pyridine rings is 1. The van der Waals surface area contributed by atoms with Gasteiger partial charge in [-0.05, 0) is 34.5 Å². The average molecular weight is 314 g/mol. The van der Waals surface area contributed by atoms with Crippen LogP contribution in [0.5, 0.6) is 0 Å². The summed E-state index contributed by atoms with van der Waals surface area (Å²) >= 11 is 8.87. The average Bonchev–Trinajstić information content (AvgIpc) is 2.16. The Hall–Kier alpha value is -0.420. The molecule has 0 N–H and O–H groups in total. The van der Waals surface area contributed by atoms with Crippen LogP contribution in [0.2, 0.25) is 0 Å². The van der Waals surface area contributed by atoms with Crippen LogP contribution in [0.4, 0.5) is 14.6 Å². The van der Waals surface area contributed by atoms with Crippen molar-refractivity contribution in [3.63, 3.8) is 0 Å². The Bertz CT molecular complexity index is 350. The maximum atomic E-state index is 12.4. The number of nitrogens with zero attached hydrogens (tertiary/aromatic N) is 2. The fourth-order valence-corrected chi connectivity index (χ4v) is 2.07. The van der Waals surface area contributed by atoms with E-state index in [-0.39, 0.29) is 6.54 Å². The molecule has 0 aliphatic heterocycles. The van der Waals surface area contributed by atoms with E-state index in [1.54, 1.807) is 6.20 Å². The molecule has 0 aliphatic carbocycles. The van der Waals surface area contributed by atoms with E-state index >= 15 is 0 Å². The van der Waals surface area contributed by atoms with Crippen molar-refractivity contribution < 1.29 is 8.78 Å². The Labute approximate surface area is 107 Å². The number of alkyl halides is 3. The largest absolute Gasteiger partial charge is 0.349 e. The van der Waals surface area contributed by atoms with Gasteiger partial charge in [-0.3, -0.25) is 0 Å². The van der Waals surface area contributed by atoms with Crippen LogP contribution in [-0.4, -0.2) is 30.4 Å². The first-order chi connectivity index (χ1) is 7.54. The summed E-state index contributed by atoms with van der Waals surface area (Å²) in [7, 11) is 0. The van der Waals surface area contributed by atoms with Crippen molar-refractivity contribution >= 4 is 33.3 Å². The molecule has 0 unspecified atom stereocenters.